The highest BCUT2D eigenvalue weighted by atomic mass is 35.5. The zero-order chi connectivity index (χ0) is 23.5. The van der Waals surface area contributed by atoms with Gasteiger partial charge in [-0.2, -0.15) is 0 Å². The Morgan fingerprint density at radius 1 is 0.909 bits per heavy atom. The van der Waals surface area contributed by atoms with Crippen LogP contribution in [0.3, 0.4) is 0 Å². The van der Waals surface area contributed by atoms with Crippen molar-refractivity contribution in [2.24, 2.45) is 0 Å². The third-order valence-electron chi connectivity index (χ3n) is 4.85. The van der Waals surface area contributed by atoms with Gasteiger partial charge in [0.05, 0.1) is 32.5 Å². The molecule has 33 heavy (non-hydrogen) atoms. The number of halogens is 3. The van der Waals surface area contributed by atoms with Gasteiger partial charge in [-0.3, -0.25) is 9.78 Å². The molecule has 0 aliphatic carbocycles. The zero-order valence-corrected chi connectivity index (χ0v) is 18.8. The van der Waals surface area contributed by atoms with Gasteiger partial charge in [-0.15, -0.1) is 0 Å². The van der Waals surface area contributed by atoms with Crippen LogP contribution >= 0.6 is 23.2 Å². The number of nitrogens with zero attached hydrogens (tertiary/aromatic N) is 1. The molecule has 0 radical (unpaired) electrons. The van der Waals surface area contributed by atoms with Crippen LogP contribution in [0.25, 0.3) is 10.9 Å². The van der Waals surface area contributed by atoms with Crippen LogP contribution in [0.5, 0.6) is 0 Å². The molecule has 4 aromatic rings. The lowest BCUT2D eigenvalue weighted by molar-refractivity contribution is 0.102. The van der Waals surface area contributed by atoms with Crippen molar-refractivity contribution in [2.75, 3.05) is 16.0 Å². The number of benzene rings is 3. The van der Waals surface area contributed by atoms with E-state index in [2.05, 4.69) is 20.9 Å². The van der Waals surface area contributed by atoms with E-state index in [0.29, 0.717) is 33.5 Å². The van der Waals surface area contributed by atoms with Crippen molar-refractivity contribution >= 4 is 63.1 Å². The number of anilines is 3. The highest BCUT2D eigenvalue weighted by molar-refractivity contribution is 6.40. The third-order valence-corrected chi connectivity index (χ3v) is 5.48. The number of aryl methyl sites for hydroxylation is 1. The van der Waals surface area contributed by atoms with Gasteiger partial charge in [0.15, 0.2) is 0 Å². The topological polar surface area (TPSA) is 83.1 Å². The van der Waals surface area contributed by atoms with Gasteiger partial charge in [0.2, 0.25) is 0 Å². The summed E-state index contributed by atoms with van der Waals surface area (Å²) >= 11 is 12.3. The van der Waals surface area contributed by atoms with Crippen molar-refractivity contribution < 1.29 is 14.0 Å². The van der Waals surface area contributed by atoms with Crippen LogP contribution in [0.1, 0.15) is 15.9 Å². The Kier molecular flexibility index (Phi) is 6.44. The largest absolute Gasteiger partial charge is 0.323 e. The number of aromatic nitrogens is 1. The summed E-state index contributed by atoms with van der Waals surface area (Å²) in [4.78, 5) is 29.8. The Morgan fingerprint density at radius 2 is 1.61 bits per heavy atom. The lowest BCUT2D eigenvalue weighted by Crippen LogP contribution is -2.20. The Bertz CT molecular complexity index is 1370. The van der Waals surface area contributed by atoms with E-state index in [1.54, 1.807) is 55.6 Å². The first-order chi connectivity index (χ1) is 15.8. The van der Waals surface area contributed by atoms with Crippen molar-refractivity contribution in [1.82, 2.24) is 4.98 Å². The number of hydrogen-bond acceptors (Lipinski definition) is 3. The number of pyridine rings is 1. The summed E-state index contributed by atoms with van der Waals surface area (Å²) in [6, 6.07) is 15.0. The number of amides is 3. The normalized spacial score (nSPS) is 10.7. The lowest BCUT2D eigenvalue weighted by Gasteiger charge is -2.15. The number of nitrogens with one attached hydrogen (secondary N) is 3. The maximum atomic E-state index is 13.4. The van der Waals surface area contributed by atoms with Gasteiger partial charge in [0.25, 0.3) is 5.91 Å². The van der Waals surface area contributed by atoms with Crippen LogP contribution in [-0.2, 0) is 0 Å². The number of carbonyl (C=O) groups is 2. The average molecular weight is 483 g/mol. The molecule has 1 heterocycles. The molecule has 0 bridgehead atoms. The van der Waals surface area contributed by atoms with E-state index < -0.39 is 17.8 Å². The van der Waals surface area contributed by atoms with Crippen molar-refractivity contribution in [3.8, 4) is 0 Å². The summed E-state index contributed by atoms with van der Waals surface area (Å²) in [7, 11) is 0. The van der Waals surface area contributed by atoms with Crippen LogP contribution in [0.15, 0.2) is 66.9 Å². The van der Waals surface area contributed by atoms with Gasteiger partial charge in [-0.05, 0) is 48.9 Å². The third kappa shape index (κ3) is 4.89. The molecule has 0 spiro atoms. The first kappa shape index (κ1) is 22.5. The monoisotopic (exact) mass is 482 g/mol. The predicted octanol–water partition coefficient (Wildman–Crippen LogP) is 6.89. The SMILES string of the molecule is Cc1cnc2c(NC(=O)c3c(Cl)cccc3Cl)cccc2c1NC(=O)Nc1cccc(F)c1. The Labute approximate surface area is 198 Å². The van der Waals surface area contributed by atoms with Gasteiger partial charge < -0.3 is 16.0 Å². The second kappa shape index (κ2) is 9.44. The number of rotatable bonds is 4. The number of carbonyl (C=O) groups excluding carboxylic acids is 2. The second-order valence-corrected chi connectivity index (χ2v) is 7.97. The van der Waals surface area contributed by atoms with Crippen molar-refractivity contribution in [3.05, 3.63) is 93.8 Å². The van der Waals surface area contributed by atoms with E-state index in [1.807, 2.05) is 0 Å². The van der Waals surface area contributed by atoms with Crippen molar-refractivity contribution in [1.29, 1.82) is 0 Å². The molecule has 166 valence electrons. The van der Waals surface area contributed by atoms with Gasteiger partial charge in [-0.25, -0.2) is 9.18 Å². The van der Waals surface area contributed by atoms with E-state index in [0.717, 1.165) is 0 Å². The molecule has 3 N–H and O–H groups in total. The highest BCUT2D eigenvalue weighted by Crippen LogP contribution is 2.32. The first-order valence-corrected chi connectivity index (χ1v) is 10.6. The minimum atomic E-state index is -0.548. The molecule has 6 nitrogen and oxygen atoms in total. The molecule has 0 saturated heterocycles. The minimum absolute atomic E-state index is 0.151. The highest BCUT2D eigenvalue weighted by Gasteiger charge is 2.18. The maximum absolute atomic E-state index is 13.4. The van der Waals surface area contributed by atoms with E-state index in [1.165, 1.54) is 18.2 Å². The van der Waals surface area contributed by atoms with E-state index >= 15 is 0 Å². The van der Waals surface area contributed by atoms with Crippen LogP contribution in [0.4, 0.5) is 26.2 Å². The number of para-hydroxylation sites is 1. The van der Waals surface area contributed by atoms with E-state index in [-0.39, 0.29) is 15.6 Å². The molecule has 0 saturated carbocycles. The Balaban J connectivity index is 1.64. The van der Waals surface area contributed by atoms with Gasteiger partial charge in [0.1, 0.15) is 5.82 Å². The molecule has 4 rings (SSSR count). The van der Waals surface area contributed by atoms with Gasteiger partial charge in [0, 0.05) is 17.3 Å². The predicted molar refractivity (Wildman–Crippen MR) is 130 cm³/mol. The summed E-state index contributed by atoms with van der Waals surface area (Å²) in [6.45, 7) is 1.79. The summed E-state index contributed by atoms with van der Waals surface area (Å²) in [5, 5.41) is 9.22. The molecule has 9 heteroatoms. The maximum Gasteiger partial charge on any atom is 0.323 e. The summed E-state index contributed by atoms with van der Waals surface area (Å²) in [6.07, 6.45) is 1.58. The Hall–Kier alpha value is -3.68. The molecule has 3 amide bonds. The standard InChI is InChI=1S/C24H17Cl2FN4O2/c1-13-12-28-22-16(21(13)31-24(33)29-15-6-2-5-14(27)11-15)7-3-10-19(22)30-23(32)20-17(25)8-4-9-18(20)26/h2-12H,1H3,(H,30,32)(H2,28,29,31,33). The van der Waals surface area contributed by atoms with Gasteiger partial charge in [-0.1, -0.05) is 47.5 Å². The molecule has 0 fully saturated rings. The van der Waals surface area contributed by atoms with Crippen molar-refractivity contribution in [2.45, 2.75) is 6.92 Å². The quantitative estimate of drug-likeness (QED) is 0.296. The summed E-state index contributed by atoms with van der Waals surface area (Å²) in [5.41, 5.74) is 2.55. The number of fused-ring (bicyclic) bond motifs is 1. The Morgan fingerprint density at radius 3 is 2.33 bits per heavy atom. The fourth-order valence-electron chi connectivity index (χ4n) is 3.33. The first-order valence-electron chi connectivity index (χ1n) is 9.81. The van der Waals surface area contributed by atoms with E-state index in [4.69, 9.17) is 23.2 Å². The van der Waals surface area contributed by atoms with Crippen molar-refractivity contribution in [3.63, 3.8) is 0 Å². The molecule has 0 aliphatic heterocycles. The smallest absolute Gasteiger partial charge is 0.320 e. The average Bonchev–Trinajstić information content (AvgIpc) is 2.76. The van der Waals surface area contributed by atoms with E-state index in [9.17, 15) is 14.0 Å². The molecule has 1 aromatic heterocycles. The van der Waals surface area contributed by atoms with Crippen LogP contribution in [0.2, 0.25) is 10.0 Å². The second-order valence-electron chi connectivity index (χ2n) is 7.16. The van der Waals surface area contributed by atoms with Crippen LogP contribution in [-0.4, -0.2) is 16.9 Å². The zero-order valence-electron chi connectivity index (χ0n) is 17.2. The fraction of sp³-hybridized carbons (Fsp3) is 0.0417. The van der Waals surface area contributed by atoms with Crippen LogP contribution in [0, 0.1) is 12.7 Å². The molecular formula is C24H17Cl2FN4O2. The van der Waals surface area contributed by atoms with Gasteiger partial charge >= 0.3 is 6.03 Å². The molecule has 0 unspecified atom stereocenters. The molecular weight excluding hydrogens is 466 g/mol. The lowest BCUT2D eigenvalue weighted by atomic mass is 10.1. The molecule has 0 atom stereocenters. The molecule has 3 aromatic carbocycles. The summed E-state index contributed by atoms with van der Waals surface area (Å²) < 4.78 is 13.4. The number of urea groups is 1. The van der Waals surface area contributed by atoms with Crippen LogP contribution < -0.4 is 16.0 Å². The summed E-state index contributed by atoms with van der Waals surface area (Å²) in [5.74, 6) is -0.948. The number of hydrogen-bond donors (Lipinski definition) is 3. The fourth-order valence-corrected chi connectivity index (χ4v) is 3.90. The minimum Gasteiger partial charge on any atom is -0.320 e. The molecule has 0 aliphatic rings.